The number of methoxy groups -OCH3 is 1. The Kier molecular flexibility index (Phi) is 7.93. The van der Waals surface area contributed by atoms with Crippen LogP contribution in [0.4, 0.5) is 5.69 Å². The summed E-state index contributed by atoms with van der Waals surface area (Å²) >= 11 is 0. The molecule has 4 rings (SSSR count). The fourth-order valence-electron chi connectivity index (χ4n) is 4.41. The maximum absolute atomic E-state index is 13.1. The van der Waals surface area contributed by atoms with Crippen LogP contribution in [0.3, 0.4) is 0 Å². The molecule has 0 atom stereocenters. The SMILES string of the molecule is COc1cccc(C(=O)CCCCN2CCN(C)CC2)c1NC(=O)c1ccc2ccccc2c1. The number of nitrogens with zero attached hydrogens (tertiary/aromatic N) is 2. The largest absolute Gasteiger partial charge is 0.495 e. The van der Waals surface area contributed by atoms with Gasteiger partial charge in [0, 0.05) is 43.7 Å². The van der Waals surface area contributed by atoms with Crippen molar-refractivity contribution >= 4 is 28.2 Å². The molecule has 3 aromatic carbocycles. The van der Waals surface area contributed by atoms with Gasteiger partial charge < -0.3 is 19.9 Å². The Bertz CT molecular complexity index is 1150. The van der Waals surface area contributed by atoms with Crippen LogP contribution in [0.15, 0.2) is 60.7 Å². The van der Waals surface area contributed by atoms with Gasteiger partial charge >= 0.3 is 0 Å². The minimum atomic E-state index is -0.264. The minimum absolute atomic E-state index is 0.0195. The fraction of sp³-hybridized carbons (Fsp3) is 0.357. The first kappa shape index (κ1) is 23.9. The first-order valence-electron chi connectivity index (χ1n) is 12.0. The van der Waals surface area contributed by atoms with Gasteiger partial charge in [-0.3, -0.25) is 9.59 Å². The van der Waals surface area contributed by atoms with Crippen LogP contribution >= 0.6 is 0 Å². The number of unbranched alkanes of at least 4 members (excludes halogenated alkanes) is 1. The van der Waals surface area contributed by atoms with Crippen LogP contribution in [-0.4, -0.2) is 68.4 Å². The number of piperazine rings is 1. The molecule has 0 bridgehead atoms. The van der Waals surface area contributed by atoms with Crippen molar-refractivity contribution in [3.8, 4) is 5.75 Å². The van der Waals surface area contributed by atoms with Gasteiger partial charge in [-0.15, -0.1) is 0 Å². The monoisotopic (exact) mass is 459 g/mol. The number of ketones is 1. The van der Waals surface area contributed by atoms with E-state index in [1.165, 1.54) is 0 Å². The molecule has 0 aliphatic carbocycles. The molecule has 1 N–H and O–H groups in total. The van der Waals surface area contributed by atoms with Gasteiger partial charge in [0.2, 0.25) is 0 Å². The Labute approximate surface area is 201 Å². The number of likely N-dealkylation sites (N-methyl/N-ethyl adjacent to an activating group) is 1. The number of hydrogen-bond donors (Lipinski definition) is 1. The Morgan fingerprint density at radius 3 is 2.44 bits per heavy atom. The van der Waals surface area contributed by atoms with Crippen LogP contribution in [0.2, 0.25) is 0 Å². The Hall–Kier alpha value is -3.22. The molecular formula is C28H33N3O3. The standard InChI is InChI=1S/C28H33N3O3/c1-30-16-18-31(19-17-30)15-6-5-11-25(32)24-10-7-12-26(34-2)27(24)29-28(33)23-14-13-21-8-3-4-9-22(21)20-23/h3-4,7-10,12-14,20H,5-6,11,15-19H2,1-2H3,(H,29,33). The van der Waals surface area contributed by atoms with Gasteiger partial charge in [-0.05, 0) is 61.5 Å². The summed E-state index contributed by atoms with van der Waals surface area (Å²) in [5.74, 6) is 0.239. The summed E-state index contributed by atoms with van der Waals surface area (Å²) in [6.07, 6.45) is 2.25. The third-order valence-corrected chi connectivity index (χ3v) is 6.52. The molecular weight excluding hydrogens is 426 g/mol. The molecule has 0 spiro atoms. The molecule has 178 valence electrons. The Balaban J connectivity index is 1.42. The molecule has 1 aliphatic rings. The van der Waals surface area contributed by atoms with Gasteiger partial charge in [0.1, 0.15) is 5.75 Å². The van der Waals surface area contributed by atoms with E-state index in [0.29, 0.717) is 29.0 Å². The smallest absolute Gasteiger partial charge is 0.255 e. The number of rotatable bonds is 9. The first-order chi connectivity index (χ1) is 16.5. The first-order valence-corrected chi connectivity index (χ1v) is 12.0. The van der Waals surface area contributed by atoms with Crippen LogP contribution in [0.1, 0.15) is 40.0 Å². The van der Waals surface area contributed by atoms with E-state index in [1.54, 1.807) is 31.4 Å². The molecule has 1 saturated heterocycles. The van der Waals surface area contributed by atoms with E-state index in [4.69, 9.17) is 4.74 Å². The van der Waals surface area contributed by atoms with Crippen molar-refractivity contribution < 1.29 is 14.3 Å². The molecule has 0 unspecified atom stereocenters. The van der Waals surface area contributed by atoms with E-state index >= 15 is 0 Å². The van der Waals surface area contributed by atoms with Crippen molar-refractivity contribution in [3.05, 3.63) is 71.8 Å². The summed E-state index contributed by atoms with van der Waals surface area (Å²) in [6.45, 7) is 5.40. The molecule has 1 heterocycles. The lowest BCUT2D eigenvalue weighted by Gasteiger charge is -2.32. The number of nitrogens with one attached hydrogen (secondary N) is 1. The number of fused-ring (bicyclic) bond motifs is 1. The molecule has 0 saturated carbocycles. The lowest BCUT2D eigenvalue weighted by atomic mass is 10.0. The fourth-order valence-corrected chi connectivity index (χ4v) is 4.41. The van der Waals surface area contributed by atoms with Gasteiger partial charge in [-0.2, -0.15) is 0 Å². The topological polar surface area (TPSA) is 61.9 Å². The van der Waals surface area contributed by atoms with Crippen LogP contribution in [-0.2, 0) is 0 Å². The van der Waals surface area contributed by atoms with Gasteiger partial charge in [-0.25, -0.2) is 0 Å². The van der Waals surface area contributed by atoms with Crippen molar-refractivity contribution in [2.75, 3.05) is 52.2 Å². The quantitative estimate of drug-likeness (QED) is 0.371. The third kappa shape index (κ3) is 5.82. The lowest BCUT2D eigenvalue weighted by molar-refractivity contribution is 0.0976. The number of ether oxygens (including phenoxy) is 1. The van der Waals surface area contributed by atoms with E-state index in [9.17, 15) is 9.59 Å². The summed E-state index contributed by atoms with van der Waals surface area (Å²) < 4.78 is 5.48. The zero-order valence-corrected chi connectivity index (χ0v) is 20.0. The van der Waals surface area contributed by atoms with Gasteiger partial charge in [0.25, 0.3) is 5.91 Å². The van der Waals surface area contributed by atoms with Crippen molar-refractivity contribution in [2.24, 2.45) is 0 Å². The van der Waals surface area contributed by atoms with E-state index in [0.717, 1.165) is 56.3 Å². The van der Waals surface area contributed by atoms with Crippen LogP contribution < -0.4 is 10.1 Å². The second kappa shape index (κ2) is 11.3. The predicted molar refractivity (Wildman–Crippen MR) is 137 cm³/mol. The van der Waals surface area contributed by atoms with E-state index in [-0.39, 0.29) is 11.7 Å². The zero-order valence-electron chi connectivity index (χ0n) is 20.0. The van der Waals surface area contributed by atoms with Crippen molar-refractivity contribution in [1.29, 1.82) is 0 Å². The number of Topliss-reactive ketones (excluding diaryl/α,β-unsaturated/α-hetero) is 1. The van der Waals surface area contributed by atoms with Gasteiger partial charge in [-0.1, -0.05) is 36.4 Å². The van der Waals surface area contributed by atoms with Gasteiger partial charge in [0.15, 0.2) is 5.78 Å². The highest BCUT2D eigenvalue weighted by Crippen LogP contribution is 2.30. The maximum atomic E-state index is 13.1. The number of benzene rings is 3. The van der Waals surface area contributed by atoms with Crippen molar-refractivity contribution in [3.63, 3.8) is 0 Å². The average Bonchev–Trinajstić information content (AvgIpc) is 2.87. The van der Waals surface area contributed by atoms with Crippen molar-refractivity contribution in [2.45, 2.75) is 19.3 Å². The minimum Gasteiger partial charge on any atom is -0.495 e. The molecule has 34 heavy (non-hydrogen) atoms. The van der Waals surface area contributed by atoms with E-state index in [1.807, 2.05) is 36.4 Å². The molecule has 1 amide bonds. The summed E-state index contributed by atoms with van der Waals surface area (Å²) in [7, 11) is 3.70. The molecule has 0 aromatic heterocycles. The number of carbonyl (C=O) groups excluding carboxylic acids is 2. The number of anilines is 1. The molecule has 0 radical (unpaired) electrons. The highest BCUT2D eigenvalue weighted by Gasteiger charge is 2.19. The number of carbonyl (C=O) groups is 2. The second-order valence-electron chi connectivity index (χ2n) is 8.92. The summed E-state index contributed by atoms with van der Waals surface area (Å²) in [5, 5.41) is 5.01. The summed E-state index contributed by atoms with van der Waals surface area (Å²) in [6, 6.07) is 18.8. The van der Waals surface area contributed by atoms with E-state index < -0.39 is 0 Å². The van der Waals surface area contributed by atoms with Crippen LogP contribution in [0, 0.1) is 0 Å². The molecule has 3 aromatic rings. The lowest BCUT2D eigenvalue weighted by Crippen LogP contribution is -2.44. The summed E-state index contributed by atoms with van der Waals surface area (Å²) in [4.78, 5) is 31.0. The Morgan fingerprint density at radius 2 is 1.68 bits per heavy atom. The zero-order chi connectivity index (χ0) is 23.9. The normalized spacial score (nSPS) is 14.8. The van der Waals surface area contributed by atoms with Crippen LogP contribution in [0.5, 0.6) is 5.75 Å². The predicted octanol–water partition coefficient (Wildman–Crippen LogP) is 4.70. The summed E-state index contributed by atoms with van der Waals surface area (Å²) in [5.41, 5.74) is 1.47. The number of para-hydroxylation sites is 1. The van der Waals surface area contributed by atoms with Crippen molar-refractivity contribution in [1.82, 2.24) is 9.80 Å². The molecule has 1 aliphatic heterocycles. The number of amides is 1. The third-order valence-electron chi connectivity index (χ3n) is 6.52. The Morgan fingerprint density at radius 1 is 0.912 bits per heavy atom. The molecule has 1 fully saturated rings. The highest BCUT2D eigenvalue weighted by atomic mass is 16.5. The van der Waals surface area contributed by atoms with Crippen LogP contribution in [0.25, 0.3) is 10.8 Å². The highest BCUT2D eigenvalue weighted by molar-refractivity contribution is 6.11. The second-order valence-corrected chi connectivity index (χ2v) is 8.92. The maximum Gasteiger partial charge on any atom is 0.255 e. The molecule has 6 nitrogen and oxygen atoms in total. The van der Waals surface area contributed by atoms with Gasteiger partial charge in [0.05, 0.1) is 12.8 Å². The average molecular weight is 460 g/mol. The van der Waals surface area contributed by atoms with E-state index in [2.05, 4.69) is 22.2 Å². The number of hydrogen-bond acceptors (Lipinski definition) is 5. The molecule has 6 heteroatoms.